The second-order valence-corrected chi connectivity index (χ2v) is 36.0. The first kappa shape index (κ1) is 91.0. The van der Waals surface area contributed by atoms with Gasteiger partial charge in [-0.25, -0.2) is 19.9 Å². The maximum atomic E-state index is 13.0. The molecule has 6 fully saturated rings. The number of hydrogen-bond acceptors (Lipinski definition) is 19. The Morgan fingerprint density at radius 3 is 0.938 bits per heavy atom. The van der Waals surface area contributed by atoms with Crippen LogP contribution in [0, 0.1) is 31.6 Å². The molecule has 128 heavy (non-hydrogen) atoms. The number of fused-ring (bicyclic) bond motifs is 4. The number of halogens is 6. The van der Waals surface area contributed by atoms with Gasteiger partial charge in [0.15, 0.2) is 0 Å². The van der Waals surface area contributed by atoms with Crippen LogP contribution in [0.5, 0.6) is 11.5 Å². The number of anilines is 4. The van der Waals surface area contributed by atoms with Crippen LogP contribution in [-0.4, -0.2) is 140 Å². The van der Waals surface area contributed by atoms with Gasteiger partial charge >= 0.3 is 12.4 Å². The summed E-state index contributed by atoms with van der Waals surface area (Å²) in [4.78, 5) is 66.6. The number of aryl methyl sites for hydroxylation is 2. The van der Waals surface area contributed by atoms with E-state index in [4.69, 9.17) is 24.8 Å². The molecule has 18 rings (SSSR count). The molecule has 12 aromatic rings. The number of nitrogens with one attached hydrogen (secondary N) is 4. The molecule has 0 aliphatic heterocycles. The minimum atomic E-state index is -4.64. The third-order valence-corrected chi connectivity index (χ3v) is 24.5. The molecule has 6 aliphatic rings. The van der Waals surface area contributed by atoms with Crippen molar-refractivity contribution in [2.75, 3.05) is 34.5 Å². The molecule has 4 aromatic carbocycles. The number of carbonyl (C=O) groups is 4. The van der Waals surface area contributed by atoms with Gasteiger partial charge in [-0.2, -0.15) is 46.7 Å². The van der Waals surface area contributed by atoms with E-state index in [1.807, 2.05) is 93.8 Å². The summed E-state index contributed by atoms with van der Waals surface area (Å²) in [5.41, 5.74) is 3.03. The van der Waals surface area contributed by atoms with E-state index < -0.39 is 46.8 Å². The molecule has 0 atom stereocenters. The number of ether oxygens (including phenoxy) is 2. The monoisotopic (exact) mass is 1760 g/mol. The first-order valence-corrected chi connectivity index (χ1v) is 44.0. The molecule has 6 aliphatic carbocycles. The number of aromatic nitrogens is 12. The Bertz CT molecular complexity index is 5630. The molecule has 0 bridgehead atoms. The van der Waals surface area contributed by atoms with Crippen LogP contribution < -0.4 is 30.7 Å². The lowest BCUT2D eigenvalue weighted by Crippen LogP contribution is -2.21. The van der Waals surface area contributed by atoms with Crippen LogP contribution in [-0.2, 0) is 23.6 Å². The van der Waals surface area contributed by atoms with Crippen LogP contribution in [0.2, 0.25) is 0 Å². The fourth-order valence-corrected chi connectivity index (χ4v) is 16.7. The Morgan fingerprint density at radius 1 is 0.375 bits per heavy atom. The van der Waals surface area contributed by atoms with Gasteiger partial charge in [0.25, 0.3) is 23.6 Å². The van der Waals surface area contributed by atoms with Crippen LogP contribution in [0.15, 0.2) is 146 Å². The predicted octanol–water partition coefficient (Wildman–Crippen LogP) is 18.6. The molecular weight excluding hydrogens is 1660 g/mol. The molecule has 6 saturated carbocycles. The fraction of sp³-hybridized carbons (Fsp3) is 0.453. The third-order valence-electron chi connectivity index (χ3n) is 24.5. The van der Waals surface area contributed by atoms with Gasteiger partial charge in [-0.05, 0) is 273 Å². The van der Waals surface area contributed by atoms with Crippen molar-refractivity contribution in [3.05, 3.63) is 203 Å². The topological polar surface area (TPSA) is 359 Å². The van der Waals surface area contributed by atoms with Crippen molar-refractivity contribution < 1.29 is 80.5 Å². The molecule has 0 radical (unpaired) electrons. The van der Waals surface area contributed by atoms with Crippen LogP contribution in [0.25, 0.3) is 43.6 Å². The predicted molar refractivity (Wildman–Crippen MR) is 471 cm³/mol. The Balaban J connectivity index is 0.000000132. The third kappa shape index (κ3) is 23.0. The zero-order valence-corrected chi connectivity index (χ0v) is 72.5. The van der Waals surface area contributed by atoms with Crippen molar-refractivity contribution in [2.24, 2.45) is 17.8 Å². The van der Waals surface area contributed by atoms with Gasteiger partial charge in [0.1, 0.15) is 45.7 Å². The molecule has 8 aromatic heterocycles. The molecule has 8 heterocycles. The highest BCUT2D eigenvalue weighted by atomic mass is 19.4. The summed E-state index contributed by atoms with van der Waals surface area (Å²) in [6.07, 6.45) is 16.5. The average Bonchev–Trinajstić information content (AvgIpc) is 1.63. The zero-order valence-electron chi connectivity index (χ0n) is 72.5. The van der Waals surface area contributed by atoms with E-state index in [1.165, 1.54) is 31.0 Å². The molecule has 676 valence electrons. The lowest BCUT2D eigenvalue weighted by molar-refractivity contribution is -0.142. The van der Waals surface area contributed by atoms with Gasteiger partial charge in [0, 0.05) is 92.4 Å². The first-order valence-electron chi connectivity index (χ1n) is 44.0. The summed E-state index contributed by atoms with van der Waals surface area (Å²) in [6, 6.07) is 32.6. The van der Waals surface area contributed by atoms with Gasteiger partial charge in [-0.3, -0.25) is 37.9 Å². The van der Waals surface area contributed by atoms with Crippen molar-refractivity contribution in [3.8, 4) is 11.5 Å². The van der Waals surface area contributed by atoms with E-state index in [0.717, 1.165) is 189 Å². The van der Waals surface area contributed by atoms with Gasteiger partial charge in [-0.1, -0.05) is 31.2 Å². The van der Waals surface area contributed by atoms with E-state index in [9.17, 15) is 71.1 Å². The fourth-order valence-electron chi connectivity index (χ4n) is 16.7. The minimum Gasteiger partial charge on any atom is -0.491 e. The molecule has 0 unspecified atom stereocenters. The highest BCUT2D eigenvalue weighted by Crippen LogP contribution is 2.43. The van der Waals surface area contributed by atoms with Gasteiger partial charge < -0.3 is 56.3 Å². The number of amides is 4. The number of benzene rings is 4. The SMILES string of the molecule is CC1CCC(n2cc3cc(NC(=O)c4cccc(C(F)(F)F)n4)c(OCC4CC4)cc3n2)CC1.Cc1cccc(C(=O)Nc2cc3cn(C4CCC(O)CC4)nc3cc2C(C)(C)O)n1.Cc1cccc(C(=O)Nc2cc3cn(C4CCC(O)CC4)nc3cc2C(C)(C)O)n1.O=C(Nc1cc2cn(C3CCC(O)CC3)nc2cc1OCC1CC1)c1cccc(C(F)(F)F)n1. The van der Waals surface area contributed by atoms with Crippen molar-refractivity contribution in [1.82, 2.24) is 59.1 Å². The molecule has 4 amide bonds. The summed E-state index contributed by atoms with van der Waals surface area (Å²) >= 11 is 0. The van der Waals surface area contributed by atoms with E-state index in [0.29, 0.717) is 93.4 Å². The zero-order chi connectivity index (χ0) is 90.7. The quantitative estimate of drug-likeness (QED) is 0.0320. The summed E-state index contributed by atoms with van der Waals surface area (Å²) < 4.78 is 97.9. The maximum absolute atomic E-state index is 13.0. The van der Waals surface area contributed by atoms with Gasteiger partial charge in [0.2, 0.25) is 0 Å². The second kappa shape index (κ2) is 38.3. The average molecular weight is 1760 g/mol. The molecular formula is C95H108F6N16O11. The minimum absolute atomic E-state index is 0.180. The summed E-state index contributed by atoms with van der Waals surface area (Å²) in [6.45, 7) is 13.7. The summed E-state index contributed by atoms with van der Waals surface area (Å²) in [5.74, 6) is 0.447. The molecule has 0 spiro atoms. The van der Waals surface area contributed by atoms with Crippen LogP contribution in [0.1, 0.15) is 263 Å². The largest absolute Gasteiger partial charge is 0.491 e. The number of rotatable bonds is 20. The number of aliphatic hydroxyl groups excluding tert-OH is 3. The number of aliphatic hydroxyl groups is 5. The van der Waals surface area contributed by atoms with Crippen LogP contribution in [0.3, 0.4) is 0 Å². The van der Waals surface area contributed by atoms with E-state index in [2.05, 4.69) is 53.2 Å². The van der Waals surface area contributed by atoms with Crippen LogP contribution in [0.4, 0.5) is 49.1 Å². The first-order chi connectivity index (χ1) is 60.9. The van der Waals surface area contributed by atoms with E-state index in [1.54, 1.807) is 76.2 Å². The van der Waals surface area contributed by atoms with Gasteiger partial charge in [-0.15, -0.1) is 0 Å². The van der Waals surface area contributed by atoms with Crippen molar-refractivity contribution in [2.45, 2.75) is 243 Å². The Morgan fingerprint density at radius 2 is 0.648 bits per heavy atom. The number of carbonyl (C=O) groups excluding carboxylic acids is 4. The van der Waals surface area contributed by atoms with E-state index >= 15 is 0 Å². The molecule has 27 nitrogen and oxygen atoms in total. The van der Waals surface area contributed by atoms with E-state index in [-0.39, 0.29) is 59.6 Å². The second-order valence-electron chi connectivity index (χ2n) is 36.0. The lowest BCUT2D eigenvalue weighted by atomic mass is 9.87. The molecule has 33 heteroatoms. The maximum Gasteiger partial charge on any atom is 0.433 e. The van der Waals surface area contributed by atoms with Crippen molar-refractivity contribution in [1.29, 1.82) is 0 Å². The van der Waals surface area contributed by atoms with Gasteiger partial charge in [0.05, 0.1) is 100 Å². The number of nitrogens with zero attached hydrogens (tertiary/aromatic N) is 12. The Labute approximate surface area is 735 Å². The Hall–Kier alpha value is -11.8. The van der Waals surface area contributed by atoms with Crippen molar-refractivity contribution in [3.63, 3.8) is 0 Å². The normalized spacial score (nSPS) is 20.4. The number of alkyl halides is 6. The number of hydrogen-bond donors (Lipinski definition) is 9. The lowest BCUT2D eigenvalue weighted by Gasteiger charge is -2.26. The highest BCUT2D eigenvalue weighted by molar-refractivity contribution is 6.07. The molecule has 0 saturated heterocycles. The summed E-state index contributed by atoms with van der Waals surface area (Å²) in [5, 5.41) is 84.2. The van der Waals surface area contributed by atoms with Crippen molar-refractivity contribution >= 4 is 90.0 Å². The molecule has 9 N–H and O–H groups in total. The Kier molecular flexibility index (Phi) is 27.2. The van der Waals surface area contributed by atoms with Crippen LogP contribution >= 0.6 is 0 Å². The summed E-state index contributed by atoms with van der Waals surface area (Å²) in [7, 11) is 0. The smallest absolute Gasteiger partial charge is 0.433 e. The standard InChI is InChI=1S/C25H27F3N4O2.C24H25F3N4O3.2C23H28N4O3/c1-15-5-9-18(10-6-15)32-13-17-11-21(22(12-20(17)31-32)34-14-16-7-8-16)30-24(33)19-3-2-4-23(29-19)25(26,27)28;25-24(26,27)22-3-1-2-18(28-22)23(33)29-20-10-15-12-31(16-6-8-17(32)9-7-16)30-19(15)11-21(20)34-13-14-4-5-14;2*1-14-5-4-6-19(24-14)22(29)25-21-11-15-13-27(16-7-9-17(28)10-8-16)26-20(15)12-18(21)23(2,3)30/h2-4,11-13,15-16,18H,5-10,14H2,1H3,(H,30,33);1-3,10-12,14,16-17,32H,4-9,13H2,(H,29,33);2*4-6,11-13,16-17,28,30H,7-10H2,1-3H3,(H,25,29). The highest BCUT2D eigenvalue weighted by Gasteiger charge is 2.37. The number of pyridine rings is 4.